The molecule has 2 nitrogen and oxygen atoms in total. The second kappa shape index (κ2) is 4.90. The summed E-state index contributed by atoms with van der Waals surface area (Å²) >= 11 is 5.92. The number of fused-ring (bicyclic) bond motifs is 3. The smallest absolute Gasteiger partial charge is 0.0655 e. The molecule has 0 atom stereocenters. The third kappa shape index (κ3) is 2.28. The van der Waals surface area contributed by atoms with Crippen LogP contribution in [-0.4, -0.2) is 10.8 Å². The van der Waals surface area contributed by atoms with Crippen LogP contribution in [0.2, 0.25) is 5.02 Å². The minimum absolute atomic E-state index is 0.753. The molecule has 0 spiro atoms. The van der Waals surface area contributed by atoms with E-state index in [2.05, 4.69) is 46.0 Å². The molecule has 3 heteroatoms. The van der Waals surface area contributed by atoms with Crippen LogP contribution in [0, 0.1) is 0 Å². The highest BCUT2D eigenvalue weighted by atomic mass is 35.5. The van der Waals surface area contributed by atoms with Gasteiger partial charge in [0.1, 0.15) is 0 Å². The molecule has 3 aromatic rings. The van der Waals surface area contributed by atoms with Crippen LogP contribution >= 0.6 is 11.6 Å². The van der Waals surface area contributed by atoms with Crippen molar-refractivity contribution in [2.45, 2.75) is 6.54 Å². The van der Waals surface area contributed by atoms with Crippen molar-refractivity contribution in [1.29, 1.82) is 0 Å². The van der Waals surface area contributed by atoms with Gasteiger partial charge in [0.05, 0.1) is 24.2 Å². The first-order valence-corrected chi connectivity index (χ1v) is 7.26. The van der Waals surface area contributed by atoms with Crippen molar-refractivity contribution in [2.75, 3.05) is 0 Å². The Morgan fingerprint density at radius 2 is 1.86 bits per heavy atom. The average Bonchev–Trinajstić information content (AvgIpc) is 2.88. The fourth-order valence-corrected chi connectivity index (χ4v) is 2.83. The first-order valence-electron chi connectivity index (χ1n) is 6.88. The summed E-state index contributed by atoms with van der Waals surface area (Å²) in [6, 6.07) is 18.4. The largest absolute Gasteiger partial charge is 0.334 e. The van der Waals surface area contributed by atoms with E-state index in [9.17, 15) is 0 Å². The van der Waals surface area contributed by atoms with Crippen molar-refractivity contribution < 1.29 is 0 Å². The summed E-state index contributed by atoms with van der Waals surface area (Å²) < 4.78 is 2.30. The Hall–Kier alpha value is -2.32. The molecule has 1 aliphatic rings. The molecule has 2 heterocycles. The molecule has 21 heavy (non-hydrogen) atoms. The Bertz CT molecular complexity index is 870. The third-order valence-electron chi connectivity index (χ3n) is 3.73. The van der Waals surface area contributed by atoms with Gasteiger partial charge < -0.3 is 4.57 Å². The summed E-state index contributed by atoms with van der Waals surface area (Å²) in [5, 5.41) is 2.01. The topological polar surface area (TPSA) is 17.3 Å². The van der Waals surface area contributed by atoms with E-state index in [1.54, 1.807) is 0 Å². The highest BCUT2D eigenvalue weighted by Crippen LogP contribution is 2.24. The fourth-order valence-electron chi connectivity index (χ4n) is 2.70. The standard InChI is InChI=1S/C18H13ClN2/c19-15-7-5-13(6-8-15)9-16-12-21-17(11-20-16)10-14-3-1-2-4-18(14)21/h1-11H,12H2/b16-9+. The van der Waals surface area contributed by atoms with Crippen LogP contribution in [-0.2, 0) is 6.54 Å². The van der Waals surface area contributed by atoms with E-state index in [-0.39, 0.29) is 0 Å². The normalized spacial score (nSPS) is 15.6. The number of rotatable bonds is 1. The van der Waals surface area contributed by atoms with Crippen LogP contribution in [0.5, 0.6) is 0 Å². The third-order valence-corrected chi connectivity index (χ3v) is 3.98. The van der Waals surface area contributed by atoms with Gasteiger partial charge in [-0.2, -0.15) is 0 Å². The maximum atomic E-state index is 5.92. The summed E-state index contributed by atoms with van der Waals surface area (Å²) in [6.45, 7) is 0.794. The Balaban J connectivity index is 1.74. The highest BCUT2D eigenvalue weighted by molar-refractivity contribution is 6.30. The van der Waals surface area contributed by atoms with Crippen LogP contribution < -0.4 is 0 Å². The van der Waals surface area contributed by atoms with Crippen molar-refractivity contribution in [1.82, 2.24) is 4.57 Å². The second-order valence-electron chi connectivity index (χ2n) is 5.16. The minimum Gasteiger partial charge on any atom is -0.334 e. The number of para-hydroxylation sites is 1. The van der Waals surface area contributed by atoms with Crippen molar-refractivity contribution in [3.63, 3.8) is 0 Å². The second-order valence-corrected chi connectivity index (χ2v) is 5.60. The Kier molecular flexibility index (Phi) is 2.90. The van der Waals surface area contributed by atoms with Gasteiger partial charge in [-0.05, 0) is 35.9 Å². The fraction of sp³-hybridized carbons (Fsp3) is 0.0556. The molecule has 0 radical (unpaired) electrons. The lowest BCUT2D eigenvalue weighted by molar-refractivity contribution is 0.794. The van der Waals surface area contributed by atoms with E-state index in [0.29, 0.717) is 0 Å². The number of nitrogens with zero attached hydrogens (tertiary/aromatic N) is 2. The van der Waals surface area contributed by atoms with Crippen LogP contribution in [0.15, 0.2) is 65.3 Å². The maximum Gasteiger partial charge on any atom is 0.0655 e. The van der Waals surface area contributed by atoms with Crippen LogP contribution in [0.4, 0.5) is 0 Å². The summed E-state index contributed by atoms with van der Waals surface area (Å²) in [4.78, 5) is 4.57. The van der Waals surface area contributed by atoms with Gasteiger partial charge in [-0.15, -0.1) is 0 Å². The van der Waals surface area contributed by atoms with Gasteiger partial charge in [0.15, 0.2) is 0 Å². The molecule has 0 saturated carbocycles. The Morgan fingerprint density at radius 1 is 1.05 bits per heavy atom. The number of hydrogen-bond donors (Lipinski definition) is 0. The minimum atomic E-state index is 0.753. The highest BCUT2D eigenvalue weighted by Gasteiger charge is 2.12. The number of hydrogen-bond acceptors (Lipinski definition) is 1. The van der Waals surface area contributed by atoms with Crippen molar-refractivity contribution in [3.8, 4) is 0 Å². The lowest BCUT2D eigenvalue weighted by Crippen LogP contribution is -2.08. The van der Waals surface area contributed by atoms with Gasteiger partial charge in [0, 0.05) is 15.9 Å². The predicted octanol–water partition coefficient (Wildman–Crippen LogP) is 4.77. The molecule has 4 rings (SSSR count). The monoisotopic (exact) mass is 292 g/mol. The van der Waals surface area contributed by atoms with Gasteiger partial charge in [-0.3, -0.25) is 4.99 Å². The number of aliphatic imine (C=N–C) groups is 1. The lowest BCUT2D eigenvalue weighted by atomic mass is 10.2. The molecule has 0 amide bonds. The summed E-state index contributed by atoms with van der Waals surface area (Å²) in [5.74, 6) is 0. The van der Waals surface area contributed by atoms with Crippen LogP contribution in [0.1, 0.15) is 11.3 Å². The summed E-state index contributed by atoms with van der Waals surface area (Å²) in [6.07, 6.45) is 4.04. The first kappa shape index (κ1) is 12.4. The number of aromatic nitrogens is 1. The van der Waals surface area contributed by atoms with Gasteiger partial charge in [0.2, 0.25) is 0 Å². The molecule has 0 N–H and O–H groups in total. The molecule has 0 fully saturated rings. The lowest BCUT2D eigenvalue weighted by Gasteiger charge is -2.13. The first-order chi connectivity index (χ1) is 10.3. The van der Waals surface area contributed by atoms with Crippen molar-refractivity contribution in [2.24, 2.45) is 4.99 Å². The summed E-state index contributed by atoms with van der Waals surface area (Å²) in [5.41, 5.74) is 4.57. The number of benzene rings is 2. The predicted molar refractivity (Wildman–Crippen MR) is 89.0 cm³/mol. The SMILES string of the molecule is Clc1ccc(/C=C2\Cn3c(cc4ccccc43)C=N2)cc1. The van der Waals surface area contributed by atoms with E-state index in [1.165, 1.54) is 10.9 Å². The van der Waals surface area contributed by atoms with Gasteiger partial charge >= 0.3 is 0 Å². The van der Waals surface area contributed by atoms with Gasteiger partial charge in [-0.25, -0.2) is 0 Å². The molecule has 0 aliphatic carbocycles. The van der Waals surface area contributed by atoms with E-state index < -0.39 is 0 Å². The van der Waals surface area contributed by atoms with Crippen LogP contribution in [0.3, 0.4) is 0 Å². The molecule has 0 saturated heterocycles. The molecule has 0 bridgehead atoms. The number of allylic oxidation sites excluding steroid dienone is 1. The molecular formula is C18H13ClN2. The molecule has 0 unspecified atom stereocenters. The van der Waals surface area contributed by atoms with E-state index in [1.807, 2.05) is 30.5 Å². The summed E-state index contributed by atoms with van der Waals surface area (Å²) in [7, 11) is 0. The van der Waals surface area contributed by atoms with E-state index >= 15 is 0 Å². The zero-order chi connectivity index (χ0) is 14.2. The number of halogens is 1. The van der Waals surface area contributed by atoms with Gasteiger partial charge in [-0.1, -0.05) is 41.9 Å². The van der Waals surface area contributed by atoms with Gasteiger partial charge in [0.25, 0.3) is 0 Å². The van der Waals surface area contributed by atoms with Crippen molar-refractivity contribution >= 4 is 34.8 Å². The molecule has 1 aromatic heterocycles. The van der Waals surface area contributed by atoms with Crippen molar-refractivity contribution in [3.05, 3.63) is 76.6 Å². The molecule has 1 aliphatic heterocycles. The van der Waals surface area contributed by atoms with E-state index in [4.69, 9.17) is 11.6 Å². The molecule has 2 aromatic carbocycles. The molecule has 102 valence electrons. The quantitative estimate of drug-likeness (QED) is 0.615. The zero-order valence-electron chi connectivity index (χ0n) is 11.3. The van der Waals surface area contributed by atoms with Crippen LogP contribution in [0.25, 0.3) is 17.0 Å². The zero-order valence-corrected chi connectivity index (χ0v) is 12.1. The molecular weight excluding hydrogens is 280 g/mol. The Labute approximate surface area is 128 Å². The Morgan fingerprint density at radius 3 is 2.71 bits per heavy atom. The average molecular weight is 293 g/mol. The maximum absolute atomic E-state index is 5.92. The van der Waals surface area contributed by atoms with E-state index in [0.717, 1.165) is 28.5 Å².